The zero-order valence-corrected chi connectivity index (χ0v) is 17.7. The summed E-state index contributed by atoms with van der Waals surface area (Å²) >= 11 is 0. The summed E-state index contributed by atoms with van der Waals surface area (Å²) in [6.45, 7) is 1.86. The van der Waals surface area contributed by atoms with E-state index in [-0.39, 0.29) is 0 Å². The minimum atomic E-state index is 0.370. The van der Waals surface area contributed by atoms with E-state index in [9.17, 15) is 0 Å². The first-order valence-corrected chi connectivity index (χ1v) is 10.2. The van der Waals surface area contributed by atoms with Crippen molar-refractivity contribution in [1.82, 2.24) is 20.1 Å². The van der Waals surface area contributed by atoms with Crippen molar-refractivity contribution < 1.29 is 14.2 Å². The highest BCUT2D eigenvalue weighted by Gasteiger charge is 2.26. The minimum absolute atomic E-state index is 0.370. The molecule has 3 aromatic rings. The Morgan fingerprint density at radius 1 is 1.07 bits per heavy atom. The predicted octanol–water partition coefficient (Wildman–Crippen LogP) is 4.22. The fourth-order valence-electron chi connectivity index (χ4n) is 4.26. The van der Waals surface area contributed by atoms with Gasteiger partial charge < -0.3 is 14.2 Å². The van der Waals surface area contributed by atoms with E-state index in [1.165, 1.54) is 18.4 Å². The Hall–Kier alpha value is -3.06. The zero-order valence-electron chi connectivity index (χ0n) is 17.7. The van der Waals surface area contributed by atoms with Crippen molar-refractivity contribution in [2.24, 2.45) is 0 Å². The maximum absolute atomic E-state index is 5.53. The molecule has 7 heteroatoms. The number of methoxy groups -OCH3 is 3. The number of nitrogens with zero attached hydrogens (tertiary/aromatic N) is 3. The molecule has 0 saturated carbocycles. The van der Waals surface area contributed by atoms with Crippen LogP contribution in [0, 0.1) is 0 Å². The highest BCUT2D eigenvalue weighted by Crippen LogP contribution is 2.42. The summed E-state index contributed by atoms with van der Waals surface area (Å²) in [5.41, 5.74) is 4.33. The van der Waals surface area contributed by atoms with Crippen LogP contribution in [-0.2, 0) is 6.54 Å². The third-order valence-electron chi connectivity index (χ3n) is 5.73. The third kappa shape index (κ3) is 3.98. The van der Waals surface area contributed by atoms with Crippen molar-refractivity contribution in [3.05, 3.63) is 54.0 Å². The van der Waals surface area contributed by atoms with E-state index in [0.29, 0.717) is 23.3 Å². The van der Waals surface area contributed by atoms with Crippen LogP contribution < -0.4 is 14.2 Å². The quantitative estimate of drug-likeness (QED) is 0.631. The van der Waals surface area contributed by atoms with Crippen LogP contribution in [-0.4, -0.2) is 48.0 Å². The number of hydrogen-bond donors (Lipinski definition) is 1. The molecule has 30 heavy (non-hydrogen) atoms. The lowest BCUT2D eigenvalue weighted by molar-refractivity contribution is 0.140. The minimum Gasteiger partial charge on any atom is -0.493 e. The number of H-pyrrole nitrogens is 1. The van der Waals surface area contributed by atoms with Gasteiger partial charge in [0.25, 0.3) is 0 Å². The Bertz CT molecular complexity index is 949. The Kier molecular flexibility index (Phi) is 6.18. The van der Waals surface area contributed by atoms with Gasteiger partial charge in [0.05, 0.1) is 33.2 Å². The van der Waals surface area contributed by atoms with Gasteiger partial charge in [-0.3, -0.25) is 15.0 Å². The van der Waals surface area contributed by atoms with E-state index in [0.717, 1.165) is 36.3 Å². The molecular formula is C23H28N4O3. The smallest absolute Gasteiger partial charge is 0.203 e. The highest BCUT2D eigenvalue weighted by atomic mass is 16.5. The molecule has 1 aromatic carbocycles. The number of nitrogens with one attached hydrogen (secondary N) is 1. The fourth-order valence-corrected chi connectivity index (χ4v) is 4.26. The lowest BCUT2D eigenvalue weighted by Crippen LogP contribution is -2.33. The Balaban J connectivity index is 1.65. The van der Waals surface area contributed by atoms with E-state index in [1.54, 1.807) is 21.3 Å². The van der Waals surface area contributed by atoms with Crippen molar-refractivity contribution in [2.75, 3.05) is 27.9 Å². The van der Waals surface area contributed by atoms with Gasteiger partial charge in [-0.1, -0.05) is 12.5 Å². The number of aromatic nitrogens is 3. The molecule has 1 aliphatic rings. The monoisotopic (exact) mass is 408 g/mol. The molecule has 2 aromatic heterocycles. The Morgan fingerprint density at radius 3 is 2.53 bits per heavy atom. The summed E-state index contributed by atoms with van der Waals surface area (Å²) in [5.74, 6) is 1.83. The first-order chi connectivity index (χ1) is 14.7. The van der Waals surface area contributed by atoms with Crippen LogP contribution in [0.1, 0.15) is 36.4 Å². The van der Waals surface area contributed by atoms with Crippen LogP contribution in [0.5, 0.6) is 17.2 Å². The molecule has 0 bridgehead atoms. The SMILES string of the molecule is COc1cc(-c2[nH]ncc2CN2CCCC[C@@H]2c2cccnc2)cc(OC)c1OC. The first kappa shape index (κ1) is 20.2. The molecule has 0 aliphatic carbocycles. The van der Waals surface area contributed by atoms with Crippen molar-refractivity contribution in [1.29, 1.82) is 0 Å². The third-order valence-corrected chi connectivity index (χ3v) is 5.73. The van der Waals surface area contributed by atoms with Crippen molar-refractivity contribution in [2.45, 2.75) is 31.8 Å². The molecule has 0 unspecified atom stereocenters. The molecular weight excluding hydrogens is 380 g/mol. The van der Waals surface area contributed by atoms with Crippen molar-refractivity contribution in [3.8, 4) is 28.5 Å². The first-order valence-electron chi connectivity index (χ1n) is 10.2. The average molecular weight is 409 g/mol. The maximum atomic E-state index is 5.53. The molecule has 0 radical (unpaired) electrons. The van der Waals surface area contributed by atoms with Gasteiger partial charge in [-0.25, -0.2) is 0 Å². The summed E-state index contributed by atoms with van der Waals surface area (Å²) < 4.78 is 16.5. The summed E-state index contributed by atoms with van der Waals surface area (Å²) in [5, 5.41) is 7.50. The van der Waals surface area contributed by atoms with Gasteiger partial charge in [0.1, 0.15) is 0 Å². The average Bonchev–Trinajstić information content (AvgIpc) is 3.27. The standard InChI is InChI=1S/C23H28N4O3/c1-28-20-11-17(12-21(29-2)23(20)30-3)22-18(14-25-26-22)15-27-10-5-4-8-19(27)16-7-6-9-24-13-16/h6-7,9,11-14,19H,4-5,8,10,15H2,1-3H3,(H,25,26)/t19-/m1/s1. The number of aromatic amines is 1. The van der Waals surface area contributed by atoms with Gasteiger partial charge in [-0.05, 0) is 43.1 Å². The molecule has 1 aliphatic heterocycles. The van der Waals surface area contributed by atoms with E-state index < -0.39 is 0 Å². The largest absolute Gasteiger partial charge is 0.493 e. The van der Waals surface area contributed by atoms with E-state index in [4.69, 9.17) is 14.2 Å². The summed E-state index contributed by atoms with van der Waals surface area (Å²) in [4.78, 5) is 6.85. The van der Waals surface area contributed by atoms with Gasteiger partial charge in [0, 0.05) is 36.1 Å². The molecule has 7 nitrogen and oxygen atoms in total. The Labute approximate surface area is 177 Å². The van der Waals surface area contributed by atoms with Gasteiger partial charge in [-0.15, -0.1) is 0 Å². The molecule has 158 valence electrons. The van der Waals surface area contributed by atoms with Gasteiger partial charge >= 0.3 is 0 Å². The summed E-state index contributed by atoms with van der Waals surface area (Å²) in [7, 11) is 4.86. The maximum Gasteiger partial charge on any atom is 0.203 e. The molecule has 1 fully saturated rings. The summed E-state index contributed by atoms with van der Waals surface area (Å²) in [6.07, 6.45) is 9.31. The highest BCUT2D eigenvalue weighted by molar-refractivity contribution is 5.70. The van der Waals surface area contributed by atoms with Gasteiger partial charge in [0.2, 0.25) is 5.75 Å². The van der Waals surface area contributed by atoms with Crippen molar-refractivity contribution in [3.63, 3.8) is 0 Å². The molecule has 0 amide bonds. The van der Waals surface area contributed by atoms with Crippen LogP contribution in [0.4, 0.5) is 0 Å². The molecule has 3 heterocycles. The number of piperidine rings is 1. The van der Waals surface area contributed by atoms with Crippen molar-refractivity contribution >= 4 is 0 Å². The normalized spacial score (nSPS) is 17.0. The lowest BCUT2D eigenvalue weighted by atomic mass is 9.95. The van der Waals surface area contributed by atoms with E-state index in [1.807, 2.05) is 36.8 Å². The zero-order chi connectivity index (χ0) is 20.9. The second-order valence-corrected chi connectivity index (χ2v) is 7.45. The Morgan fingerprint density at radius 2 is 1.87 bits per heavy atom. The molecule has 1 N–H and O–H groups in total. The van der Waals surface area contributed by atoms with Crippen LogP contribution in [0.2, 0.25) is 0 Å². The number of likely N-dealkylation sites (tertiary alicyclic amines) is 1. The number of benzene rings is 1. The number of hydrogen-bond acceptors (Lipinski definition) is 6. The van der Waals surface area contributed by atoms with Crippen LogP contribution >= 0.6 is 0 Å². The predicted molar refractivity (Wildman–Crippen MR) is 115 cm³/mol. The van der Waals surface area contributed by atoms with Crippen LogP contribution in [0.3, 0.4) is 0 Å². The molecule has 1 saturated heterocycles. The summed E-state index contributed by atoms with van der Waals surface area (Å²) in [6, 6.07) is 8.46. The van der Waals surface area contributed by atoms with Gasteiger partial charge in [-0.2, -0.15) is 5.10 Å². The fraction of sp³-hybridized carbons (Fsp3) is 0.391. The van der Waals surface area contributed by atoms with E-state index >= 15 is 0 Å². The second-order valence-electron chi connectivity index (χ2n) is 7.45. The molecule has 0 spiro atoms. The van der Waals surface area contributed by atoms with E-state index in [2.05, 4.69) is 26.1 Å². The topological polar surface area (TPSA) is 72.5 Å². The second kappa shape index (κ2) is 9.17. The number of rotatable bonds is 7. The van der Waals surface area contributed by atoms with Crippen LogP contribution in [0.15, 0.2) is 42.9 Å². The molecule has 1 atom stereocenters. The molecule has 4 rings (SSSR count). The number of pyridine rings is 1. The number of ether oxygens (including phenoxy) is 3. The lowest BCUT2D eigenvalue weighted by Gasteiger charge is -2.35. The van der Waals surface area contributed by atoms with Gasteiger partial charge in [0.15, 0.2) is 11.5 Å². The van der Waals surface area contributed by atoms with Crippen LogP contribution in [0.25, 0.3) is 11.3 Å².